The molecule has 0 aromatic carbocycles. The number of allylic oxidation sites excluding steroid dienone is 10. The monoisotopic (exact) mass is 1430 g/mol. The molecule has 0 aromatic rings. The molecule has 0 aromatic heterocycles. The highest BCUT2D eigenvalue weighted by atomic mass is 31.2. The summed E-state index contributed by atoms with van der Waals surface area (Å²) in [6.45, 7) is 4.83. The lowest BCUT2D eigenvalue weighted by molar-refractivity contribution is -0.161. The van der Waals surface area contributed by atoms with E-state index in [0.29, 0.717) is 25.7 Å². The van der Waals surface area contributed by atoms with Crippen LogP contribution in [0.15, 0.2) is 60.8 Å². The van der Waals surface area contributed by atoms with Gasteiger partial charge >= 0.3 is 39.5 Å². The molecule has 0 bridgehead atoms. The first-order valence-electron chi connectivity index (χ1n) is 39.5. The van der Waals surface area contributed by atoms with Crippen LogP contribution >= 0.6 is 15.6 Å². The molecule has 5 atom stereocenters. The fourth-order valence-electron chi connectivity index (χ4n) is 10.8. The van der Waals surface area contributed by atoms with Gasteiger partial charge in [-0.05, 0) is 135 Å². The van der Waals surface area contributed by atoms with Crippen LogP contribution in [0.4, 0.5) is 0 Å². The molecule has 0 radical (unpaired) electrons. The lowest BCUT2D eigenvalue weighted by Gasteiger charge is -2.21. The molecule has 0 fully saturated rings. The fraction of sp³-hybridized carbons (Fsp3) is 0.823. The first-order chi connectivity index (χ1) is 47.7. The van der Waals surface area contributed by atoms with Crippen LogP contribution in [0.5, 0.6) is 0 Å². The molecule has 0 aliphatic heterocycles. The van der Waals surface area contributed by atoms with Gasteiger partial charge in [-0.25, -0.2) is 9.13 Å². The van der Waals surface area contributed by atoms with Crippen molar-refractivity contribution in [3.63, 3.8) is 0 Å². The van der Waals surface area contributed by atoms with Crippen molar-refractivity contribution >= 4 is 39.5 Å². The lowest BCUT2D eigenvalue weighted by atomic mass is 10.1. The Morgan fingerprint density at radius 3 is 0.786 bits per heavy atom. The van der Waals surface area contributed by atoms with Crippen molar-refractivity contribution < 1.29 is 80.2 Å². The Morgan fingerprint density at radius 1 is 0.286 bits per heavy atom. The first-order valence-corrected chi connectivity index (χ1v) is 42.5. The van der Waals surface area contributed by atoms with E-state index in [4.69, 9.17) is 37.0 Å². The predicted molar refractivity (Wildman–Crippen MR) is 400 cm³/mol. The molecule has 0 rings (SSSR count). The van der Waals surface area contributed by atoms with E-state index >= 15 is 0 Å². The number of phosphoric acid groups is 2. The largest absolute Gasteiger partial charge is 0.472 e. The van der Waals surface area contributed by atoms with Crippen molar-refractivity contribution in [1.29, 1.82) is 0 Å². The van der Waals surface area contributed by atoms with Gasteiger partial charge in [-0.3, -0.25) is 37.3 Å². The second-order valence-electron chi connectivity index (χ2n) is 26.6. The third-order valence-electron chi connectivity index (χ3n) is 16.9. The normalized spacial score (nSPS) is 14.2. The molecule has 0 saturated heterocycles. The zero-order chi connectivity index (χ0) is 71.8. The van der Waals surface area contributed by atoms with E-state index in [0.717, 1.165) is 173 Å². The van der Waals surface area contributed by atoms with E-state index < -0.39 is 97.5 Å². The van der Waals surface area contributed by atoms with Gasteiger partial charge in [0.05, 0.1) is 26.4 Å². The summed E-state index contributed by atoms with van der Waals surface area (Å²) in [6.07, 6.45) is 70.5. The Bertz CT molecular complexity index is 2100. The quantitative estimate of drug-likeness (QED) is 0.0169. The maximum atomic E-state index is 13.1. The number of carbonyl (C=O) groups excluding carboxylic acids is 4. The number of phosphoric ester groups is 2. The summed E-state index contributed by atoms with van der Waals surface area (Å²) >= 11 is 0. The third-order valence-corrected chi connectivity index (χ3v) is 18.8. The third kappa shape index (κ3) is 71.2. The predicted octanol–water partition coefficient (Wildman–Crippen LogP) is 22.7. The highest BCUT2D eigenvalue weighted by Crippen LogP contribution is 2.45. The second-order valence-corrected chi connectivity index (χ2v) is 29.5. The Labute approximate surface area is 597 Å². The number of esters is 4. The number of hydrogen-bond donors (Lipinski definition) is 3. The summed E-state index contributed by atoms with van der Waals surface area (Å²) in [6, 6.07) is 0. The van der Waals surface area contributed by atoms with E-state index in [-0.39, 0.29) is 25.7 Å². The minimum atomic E-state index is -4.97. The summed E-state index contributed by atoms with van der Waals surface area (Å²) < 4.78 is 68.5. The molecule has 0 heterocycles. The molecule has 17 nitrogen and oxygen atoms in total. The van der Waals surface area contributed by atoms with Crippen molar-refractivity contribution in [1.82, 2.24) is 0 Å². The summed E-state index contributed by atoms with van der Waals surface area (Å²) in [4.78, 5) is 72.9. The number of hydrogen-bond acceptors (Lipinski definition) is 15. The molecule has 19 heteroatoms. The minimum absolute atomic E-state index is 0.0879. The van der Waals surface area contributed by atoms with Crippen LogP contribution in [-0.4, -0.2) is 96.7 Å². The van der Waals surface area contributed by atoms with Gasteiger partial charge in [0.1, 0.15) is 19.3 Å². The molecule has 3 N–H and O–H groups in total. The van der Waals surface area contributed by atoms with E-state index in [2.05, 4.69) is 88.5 Å². The van der Waals surface area contributed by atoms with Gasteiger partial charge in [0.2, 0.25) is 0 Å². The van der Waals surface area contributed by atoms with Crippen molar-refractivity contribution in [2.75, 3.05) is 39.6 Å². The molecule has 572 valence electrons. The number of aliphatic hydroxyl groups is 1. The molecule has 0 amide bonds. The van der Waals surface area contributed by atoms with E-state index in [1.54, 1.807) is 0 Å². The molecule has 0 saturated carbocycles. The summed E-state index contributed by atoms with van der Waals surface area (Å²) in [5.41, 5.74) is 0. The highest BCUT2D eigenvalue weighted by molar-refractivity contribution is 7.47. The Morgan fingerprint density at radius 2 is 0.500 bits per heavy atom. The van der Waals surface area contributed by atoms with Crippen molar-refractivity contribution in [2.24, 2.45) is 0 Å². The zero-order valence-electron chi connectivity index (χ0n) is 62.5. The SMILES string of the molecule is CCCCCC=CCC=CCCCCCCCC(=O)OC[C@H](COP(=O)(O)OCC(O)COP(=O)(O)OC[C@@H](COC(=O)CCCCCCCCCC=CCCCCCC)OC(=O)CCCCCCCC=CCCCCCC)OC(=O)CCCCCCCCCC=CCCCCCC. The number of aliphatic hydroxyl groups excluding tert-OH is 1. The molecule has 0 spiro atoms. The van der Waals surface area contributed by atoms with E-state index in [1.807, 2.05) is 0 Å². The number of ether oxygens (including phenoxy) is 4. The Hall–Kier alpha value is -3.24. The second kappa shape index (κ2) is 72.1. The van der Waals surface area contributed by atoms with Crippen LogP contribution in [0.25, 0.3) is 0 Å². The van der Waals surface area contributed by atoms with Gasteiger partial charge in [-0.1, -0.05) is 262 Å². The molecular formula is C79H144O17P2. The van der Waals surface area contributed by atoms with Gasteiger partial charge in [0.25, 0.3) is 0 Å². The van der Waals surface area contributed by atoms with Crippen LogP contribution in [0.2, 0.25) is 0 Å². The summed E-state index contributed by atoms with van der Waals surface area (Å²) in [5.74, 6) is -2.18. The Balaban J connectivity index is 5.34. The van der Waals surface area contributed by atoms with Crippen molar-refractivity contribution in [2.45, 2.75) is 380 Å². The van der Waals surface area contributed by atoms with Crippen LogP contribution in [0.3, 0.4) is 0 Å². The van der Waals surface area contributed by atoms with Crippen molar-refractivity contribution in [3.8, 4) is 0 Å². The van der Waals surface area contributed by atoms with Crippen LogP contribution in [0.1, 0.15) is 362 Å². The van der Waals surface area contributed by atoms with Gasteiger partial charge in [-0.15, -0.1) is 0 Å². The van der Waals surface area contributed by atoms with Gasteiger partial charge in [0.15, 0.2) is 12.2 Å². The molecule has 0 aliphatic carbocycles. The standard InChI is InChI=1S/C79H144O17P2/c1-5-9-13-17-21-25-29-33-36-40-43-47-51-55-59-63-76(81)89-69-74(95-78(83)65-61-57-53-49-45-39-32-28-24-20-16-12-8-4)71-93-97(85,86)91-67-73(80)68-92-98(87,88)94-72-75(96-79(84)66-62-58-54-50-46-42-38-35-31-27-23-19-15-11-7-3)70-90-77(82)64-60-56-52-48-44-41-37-34-30-26-22-18-14-10-6-2/h22,25-29,31-32,34,37,73-75,80H,5-21,23-24,30,33,35-36,38-72H2,1-4H3,(H,85,86)(H,87,88)/t73?,74-,75-/m1/s1. The number of unbranched alkanes of at least 4 members (excludes halogenated alkanes) is 39. The average molecular weight is 1430 g/mol. The van der Waals surface area contributed by atoms with Gasteiger partial charge < -0.3 is 33.8 Å². The molecule has 98 heavy (non-hydrogen) atoms. The van der Waals surface area contributed by atoms with Crippen LogP contribution in [-0.2, 0) is 65.4 Å². The lowest BCUT2D eigenvalue weighted by Crippen LogP contribution is -2.30. The Kier molecular flexibility index (Phi) is 69.7. The van der Waals surface area contributed by atoms with Crippen molar-refractivity contribution in [3.05, 3.63) is 60.8 Å². The summed E-state index contributed by atoms with van der Waals surface area (Å²) in [7, 11) is -9.94. The number of carbonyl (C=O) groups is 4. The first kappa shape index (κ1) is 94.8. The summed E-state index contributed by atoms with van der Waals surface area (Å²) in [5, 5.41) is 10.6. The highest BCUT2D eigenvalue weighted by Gasteiger charge is 2.30. The minimum Gasteiger partial charge on any atom is -0.462 e. The molecule has 3 unspecified atom stereocenters. The van der Waals surface area contributed by atoms with Crippen LogP contribution in [0, 0.1) is 0 Å². The molecule has 0 aliphatic rings. The smallest absolute Gasteiger partial charge is 0.462 e. The van der Waals surface area contributed by atoms with Crippen LogP contribution < -0.4 is 0 Å². The topological polar surface area (TPSA) is 237 Å². The van der Waals surface area contributed by atoms with E-state index in [9.17, 15) is 43.2 Å². The fourth-order valence-corrected chi connectivity index (χ4v) is 12.4. The van der Waals surface area contributed by atoms with E-state index in [1.165, 1.54) is 109 Å². The number of rotatable bonds is 75. The van der Waals surface area contributed by atoms with Gasteiger partial charge in [0, 0.05) is 25.7 Å². The maximum absolute atomic E-state index is 13.1. The average Bonchev–Trinajstić information content (AvgIpc) is 1.04. The zero-order valence-corrected chi connectivity index (χ0v) is 64.3. The maximum Gasteiger partial charge on any atom is 0.472 e. The molecular weight excluding hydrogens is 1280 g/mol. The van der Waals surface area contributed by atoms with Gasteiger partial charge in [-0.2, -0.15) is 0 Å².